The van der Waals surface area contributed by atoms with E-state index in [2.05, 4.69) is 5.32 Å². The van der Waals surface area contributed by atoms with Crippen LogP contribution in [0.25, 0.3) is 10.9 Å². The number of halogens is 1. The molecule has 0 atom stereocenters. The summed E-state index contributed by atoms with van der Waals surface area (Å²) < 4.78 is 25.9. The summed E-state index contributed by atoms with van der Waals surface area (Å²) in [5.41, 5.74) is 0.258. The first-order chi connectivity index (χ1) is 12.5. The summed E-state index contributed by atoms with van der Waals surface area (Å²) in [6.45, 7) is -0.160. The van der Waals surface area contributed by atoms with Crippen molar-refractivity contribution in [3.8, 4) is 11.5 Å². The molecule has 0 saturated heterocycles. The molecule has 6 nitrogen and oxygen atoms in total. The van der Waals surface area contributed by atoms with Crippen LogP contribution in [0, 0.1) is 5.82 Å². The van der Waals surface area contributed by atoms with Crippen LogP contribution < -0.4 is 20.2 Å². The van der Waals surface area contributed by atoms with Crippen LogP contribution in [-0.4, -0.2) is 24.7 Å². The first kappa shape index (κ1) is 17.5. The van der Waals surface area contributed by atoms with Gasteiger partial charge in [-0.15, -0.1) is 0 Å². The van der Waals surface area contributed by atoms with E-state index in [9.17, 15) is 14.0 Å². The number of hydrogen-bond acceptors (Lipinski definition) is 4. The van der Waals surface area contributed by atoms with E-state index in [0.29, 0.717) is 17.2 Å². The molecule has 3 aromatic rings. The van der Waals surface area contributed by atoms with Gasteiger partial charge in [0.1, 0.15) is 23.9 Å². The zero-order valence-corrected chi connectivity index (χ0v) is 14.3. The maximum Gasteiger partial charge on any atom is 0.244 e. The van der Waals surface area contributed by atoms with Crippen molar-refractivity contribution in [1.82, 2.24) is 4.57 Å². The Morgan fingerprint density at radius 2 is 1.96 bits per heavy atom. The second-order valence-corrected chi connectivity index (χ2v) is 5.56. The van der Waals surface area contributed by atoms with Crippen molar-refractivity contribution in [3.63, 3.8) is 0 Å². The Morgan fingerprint density at radius 3 is 2.69 bits per heavy atom. The minimum absolute atomic E-state index is 0.0943. The highest BCUT2D eigenvalue weighted by atomic mass is 19.1. The molecule has 1 N–H and O–H groups in total. The van der Waals surface area contributed by atoms with Crippen LogP contribution >= 0.6 is 0 Å². The van der Waals surface area contributed by atoms with Gasteiger partial charge in [-0.05, 0) is 24.3 Å². The highest BCUT2D eigenvalue weighted by molar-refractivity contribution is 5.93. The monoisotopic (exact) mass is 356 g/mol. The van der Waals surface area contributed by atoms with Crippen LogP contribution in [0.15, 0.2) is 53.5 Å². The van der Waals surface area contributed by atoms with E-state index < -0.39 is 5.82 Å². The number of para-hydroxylation sites is 1. The number of nitrogens with one attached hydrogen (secondary N) is 1. The minimum atomic E-state index is -0.560. The number of carbonyl (C=O) groups is 1. The van der Waals surface area contributed by atoms with Crippen LogP contribution in [0.1, 0.15) is 0 Å². The quantitative estimate of drug-likeness (QED) is 0.763. The highest BCUT2D eigenvalue weighted by Crippen LogP contribution is 2.29. The molecule has 0 aliphatic carbocycles. The first-order valence-corrected chi connectivity index (χ1v) is 7.83. The molecule has 1 aromatic heterocycles. The van der Waals surface area contributed by atoms with Crippen molar-refractivity contribution in [2.75, 3.05) is 19.5 Å². The molecule has 1 heterocycles. The Kier molecular flexibility index (Phi) is 4.88. The average molecular weight is 356 g/mol. The van der Waals surface area contributed by atoms with Crippen molar-refractivity contribution in [1.29, 1.82) is 0 Å². The van der Waals surface area contributed by atoms with E-state index in [1.165, 1.54) is 49.2 Å². The second kappa shape index (κ2) is 7.26. The Labute approximate surface area is 148 Å². The van der Waals surface area contributed by atoms with Crippen LogP contribution in [-0.2, 0) is 11.3 Å². The van der Waals surface area contributed by atoms with Crippen molar-refractivity contribution < 1.29 is 18.7 Å². The number of fused-ring (bicyclic) bond motifs is 1. The number of carbonyl (C=O) groups excluding carboxylic acids is 1. The van der Waals surface area contributed by atoms with Gasteiger partial charge in [0.05, 0.1) is 25.4 Å². The molecule has 3 rings (SSSR count). The highest BCUT2D eigenvalue weighted by Gasteiger charge is 2.13. The summed E-state index contributed by atoms with van der Waals surface area (Å²) in [6, 6.07) is 10.5. The van der Waals surface area contributed by atoms with Gasteiger partial charge in [-0.2, -0.15) is 0 Å². The minimum Gasteiger partial charge on any atom is -0.497 e. The number of methoxy groups -OCH3 is 2. The third kappa shape index (κ3) is 3.37. The topological polar surface area (TPSA) is 69.6 Å². The average Bonchev–Trinajstić information content (AvgIpc) is 2.64. The van der Waals surface area contributed by atoms with Gasteiger partial charge in [-0.25, -0.2) is 4.39 Å². The lowest BCUT2D eigenvalue weighted by Crippen LogP contribution is -2.21. The third-order valence-corrected chi connectivity index (χ3v) is 3.94. The molecule has 0 unspecified atom stereocenters. The van der Waals surface area contributed by atoms with Crippen molar-refractivity contribution in [3.05, 3.63) is 64.7 Å². The van der Waals surface area contributed by atoms with Crippen molar-refractivity contribution >= 4 is 22.5 Å². The zero-order valence-electron chi connectivity index (χ0n) is 14.3. The number of hydrogen-bond donors (Lipinski definition) is 1. The SMILES string of the molecule is COc1ccc(NC(=O)Cn2ccc(=O)c3cccc(F)c32)c(OC)c1. The number of ether oxygens (including phenoxy) is 2. The molecule has 0 aliphatic rings. The molecule has 7 heteroatoms. The third-order valence-electron chi connectivity index (χ3n) is 3.94. The van der Waals surface area contributed by atoms with Gasteiger partial charge < -0.3 is 19.4 Å². The van der Waals surface area contributed by atoms with Crippen LogP contribution in [0.5, 0.6) is 11.5 Å². The number of rotatable bonds is 5. The predicted octanol–water partition coefficient (Wildman–Crippen LogP) is 2.80. The number of nitrogens with zero attached hydrogens (tertiary/aromatic N) is 1. The summed E-state index contributed by atoms with van der Waals surface area (Å²) in [7, 11) is 3.01. The number of amides is 1. The largest absolute Gasteiger partial charge is 0.497 e. The van der Waals surface area contributed by atoms with E-state index in [4.69, 9.17) is 9.47 Å². The maximum absolute atomic E-state index is 14.2. The van der Waals surface area contributed by atoms with Crippen molar-refractivity contribution in [2.45, 2.75) is 6.54 Å². The Bertz CT molecular complexity index is 1030. The molecule has 0 radical (unpaired) electrons. The Morgan fingerprint density at radius 1 is 1.15 bits per heavy atom. The number of pyridine rings is 1. The van der Waals surface area contributed by atoms with Crippen LogP contribution in [0.2, 0.25) is 0 Å². The summed E-state index contributed by atoms with van der Waals surface area (Å²) >= 11 is 0. The number of anilines is 1. The normalized spacial score (nSPS) is 10.6. The predicted molar refractivity (Wildman–Crippen MR) is 96.3 cm³/mol. The van der Waals surface area contributed by atoms with Crippen LogP contribution in [0.4, 0.5) is 10.1 Å². The van der Waals surface area contributed by atoms with Crippen molar-refractivity contribution in [2.24, 2.45) is 0 Å². The Hall–Kier alpha value is -3.35. The molecule has 26 heavy (non-hydrogen) atoms. The summed E-state index contributed by atoms with van der Waals surface area (Å²) in [5.74, 6) is 0.0821. The smallest absolute Gasteiger partial charge is 0.244 e. The Balaban J connectivity index is 1.89. The molecule has 0 aliphatic heterocycles. The zero-order chi connectivity index (χ0) is 18.7. The van der Waals surface area contributed by atoms with Gasteiger partial charge in [0.25, 0.3) is 0 Å². The van der Waals surface area contributed by atoms with E-state index in [1.54, 1.807) is 18.2 Å². The fraction of sp³-hybridized carbons (Fsp3) is 0.158. The van der Waals surface area contributed by atoms with E-state index in [0.717, 1.165) is 0 Å². The molecule has 0 bridgehead atoms. The van der Waals surface area contributed by atoms with Gasteiger partial charge in [0.15, 0.2) is 5.43 Å². The van der Waals surface area contributed by atoms with E-state index >= 15 is 0 Å². The lowest BCUT2D eigenvalue weighted by atomic mass is 10.2. The summed E-state index contributed by atoms with van der Waals surface area (Å²) in [6.07, 6.45) is 1.40. The van der Waals surface area contributed by atoms with Gasteiger partial charge in [-0.3, -0.25) is 9.59 Å². The number of benzene rings is 2. The van der Waals surface area contributed by atoms with Gasteiger partial charge in [0.2, 0.25) is 5.91 Å². The fourth-order valence-electron chi connectivity index (χ4n) is 2.71. The molecule has 2 aromatic carbocycles. The first-order valence-electron chi connectivity index (χ1n) is 7.83. The summed E-state index contributed by atoms with van der Waals surface area (Å²) in [4.78, 5) is 24.3. The lowest BCUT2D eigenvalue weighted by Gasteiger charge is -2.14. The maximum atomic E-state index is 14.2. The molecule has 0 saturated carbocycles. The van der Waals surface area contributed by atoms with Crippen LogP contribution in [0.3, 0.4) is 0 Å². The molecule has 0 spiro atoms. The summed E-state index contributed by atoms with van der Waals surface area (Å²) in [5, 5.41) is 2.94. The van der Waals surface area contributed by atoms with Gasteiger partial charge in [0, 0.05) is 23.7 Å². The molecular weight excluding hydrogens is 339 g/mol. The fourth-order valence-corrected chi connectivity index (χ4v) is 2.71. The van der Waals surface area contributed by atoms with E-state index in [1.807, 2.05) is 0 Å². The number of aromatic nitrogens is 1. The van der Waals surface area contributed by atoms with Gasteiger partial charge in [-0.1, -0.05) is 6.07 Å². The van der Waals surface area contributed by atoms with Gasteiger partial charge >= 0.3 is 0 Å². The molecule has 134 valence electrons. The van der Waals surface area contributed by atoms with E-state index in [-0.39, 0.29) is 28.8 Å². The molecular formula is C19H17FN2O4. The lowest BCUT2D eigenvalue weighted by molar-refractivity contribution is -0.116. The molecule has 0 fully saturated rings. The second-order valence-electron chi connectivity index (χ2n) is 5.56. The molecule has 1 amide bonds. The standard InChI is InChI=1S/C19H17FN2O4/c1-25-12-6-7-15(17(10-12)26-2)21-18(24)11-22-9-8-16(23)13-4-3-5-14(20)19(13)22/h3-10H,11H2,1-2H3,(H,21,24).